The second kappa shape index (κ2) is 6.06. The molecular weight excluding hydrogens is 280 g/mol. The third-order valence-electron chi connectivity index (χ3n) is 3.48. The number of carboxylic acid groups (broad SMARTS) is 1. The molecule has 1 heterocycles. The van der Waals surface area contributed by atoms with Gasteiger partial charge in [0, 0.05) is 50.4 Å². The summed E-state index contributed by atoms with van der Waals surface area (Å²) in [6.45, 7) is 1.06. The molecule has 21 heavy (non-hydrogen) atoms. The molecule has 8 nitrogen and oxygen atoms in total. The van der Waals surface area contributed by atoms with Gasteiger partial charge in [0.05, 0.1) is 16.1 Å². The Hall–Kier alpha value is -2.19. The summed E-state index contributed by atoms with van der Waals surface area (Å²) < 4.78 is 5.16. The molecule has 1 aliphatic heterocycles. The van der Waals surface area contributed by atoms with Crippen molar-refractivity contribution in [1.82, 2.24) is 0 Å². The minimum absolute atomic E-state index is 0.161. The fourth-order valence-corrected chi connectivity index (χ4v) is 2.16. The van der Waals surface area contributed by atoms with Crippen LogP contribution in [-0.4, -0.2) is 46.5 Å². The molecule has 1 aromatic rings. The van der Waals surface area contributed by atoms with Gasteiger partial charge in [-0.1, -0.05) is 0 Å². The minimum atomic E-state index is -1.26. The number of carbonyl (C=O) groups is 1. The van der Waals surface area contributed by atoms with Gasteiger partial charge in [-0.2, -0.15) is 0 Å². The van der Waals surface area contributed by atoms with Gasteiger partial charge in [-0.05, 0) is 6.07 Å². The third kappa shape index (κ3) is 3.67. The lowest BCUT2D eigenvalue weighted by molar-refractivity contribution is -0.384. The summed E-state index contributed by atoms with van der Waals surface area (Å²) in [6, 6.07) is 3.56. The van der Waals surface area contributed by atoms with E-state index in [0.29, 0.717) is 26.1 Å². The van der Waals surface area contributed by atoms with E-state index in [-0.39, 0.29) is 23.5 Å². The Morgan fingerprint density at radius 1 is 1.43 bits per heavy atom. The SMILES string of the molecule is O=C(O)c1cc([N+](=O)[O-])ccc1NCC1(O)CCOCC1. The zero-order valence-corrected chi connectivity index (χ0v) is 11.2. The van der Waals surface area contributed by atoms with Crippen molar-refractivity contribution in [2.75, 3.05) is 25.1 Å². The zero-order valence-electron chi connectivity index (χ0n) is 11.2. The third-order valence-corrected chi connectivity index (χ3v) is 3.48. The summed E-state index contributed by atoms with van der Waals surface area (Å²) >= 11 is 0. The number of hydrogen-bond acceptors (Lipinski definition) is 6. The van der Waals surface area contributed by atoms with Crippen LogP contribution in [0.1, 0.15) is 23.2 Å². The van der Waals surface area contributed by atoms with Crippen LogP contribution in [0.2, 0.25) is 0 Å². The lowest BCUT2D eigenvalue weighted by Gasteiger charge is -2.32. The van der Waals surface area contributed by atoms with Crippen LogP contribution in [0.15, 0.2) is 18.2 Å². The van der Waals surface area contributed by atoms with Crippen molar-refractivity contribution >= 4 is 17.3 Å². The molecule has 1 saturated heterocycles. The Labute approximate surface area is 120 Å². The molecule has 2 rings (SSSR count). The molecule has 8 heteroatoms. The van der Waals surface area contributed by atoms with E-state index in [0.717, 1.165) is 6.07 Å². The largest absolute Gasteiger partial charge is 0.478 e. The molecule has 0 unspecified atom stereocenters. The number of benzene rings is 1. The number of nitrogens with zero attached hydrogens (tertiary/aromatic N) is 1. The highest BCUT2D eigenvalue weighted by Crippen LogP contribution is 2.25. The van der Waals surface area contributed by atoms with Crippen molar-refractivity contribution in [1.29, 1.82) is 0 Å². The lowest BCUT2D eigenvalue weighted by Crippen LogP contribution is -2.42. The molecule has 1 fully saturated rings. The van der Waals surface area contributed by atoms with Crippen molar-refractivity contribution in [3.63, 3.8) is 0 Å². The fourth-order valence-electron chi connectivity index (χ4n) is 2.16. The van der Waals surface area contributed by atoms with Gasteiger partial charge < -0.3 is 20.3 Å². The van der Waals surface area contributed by atoms with E-state index in [4.69, 9.17) is 9.84 Å². The smallest absolute Gasteiger partial charge is 0.338 e. The van der Waals surface area contributed by atoms with Gasteiger partial charge in [-0.15, -0.1) is 0 Å². The fraction of sp³-hybridized carbons (Fsp3) is 0.462. The predicted molar refractivity (Wildman–Crippen MR) is 73.5 cm³/mol. The molecule has 0 radical (unpaired) electrons. The molecule has 0 amide bonds. The average molecular weight is 296 g/mol. The quantitative estimate of drug-likeness (QED) is 0.552. The van der Waals surface area contributed by atoms with Crippen molar-refractivity contribution in [3.05, 3.63) is 33.9 Å². The normalized spacial score (nSPS) is 17.2. The first-order chi connectivity index (χ1) is 9.91. The average Bonchev–Trinajstić information content (AvgIpc) is 2.45. The van der Waals surface area contributed by atoms with Crippen LogP contribution in [0.5, 0.6) is 0 Å². The van der Waals surface area contributed by atoms with Crippen LogP contribution in [0.3, 0.4) is 0 Å². The molecule has 1 aliphatic rings. The number of nitro groups is 1. The van der Waals surface area contributed by atoms with Crippen LogP contribution >= 0.6 is 0 Å². The Balaban J connectivity index is 2.15. The lowest BCUT2D eigenvalue weighted by atomic mass is 9.94. The summed E-state index contributed by atoms with van der Waals surface area (Å²) in [5.41, 5.74) is -1.20. The summed E-state index contributed by atoms with van der Waals surface area (Å²) in [5.74, 6) is -1.26. The molecule has 0 aromatic heterocycles. The van der Waals surface area contributed by atoms with Gasteiger partial charge in [0.25, 0.3) is 5.69 Å². The first-order valence-corrected chi connectivity index (χ1v) is 6.47. The van der Waals surface area contributed by atoms with Gasteiger partial charge in [0.15, 0.2) is 0 Å². The number of aliphatic hydroxyl groups is 1. The van der Waals surface area contributed by atoms with Gasteiger partial charge in [-0.25, -0.2) is 4.79 Å². The molecule has 0 aliphatic carbocycles. The number of hydrogen-bond donors (Lipinski definition) is 3. The van der Waals surface area contributed by atoms with Gasteiger partial charge in [0.2, 0.25) is 0 Å². The predicted octanol–water partition coefficient (Wildman–Crippen LogP) is 1.25. The standard InChI is InChI=1S/C13H16N2O6/c16-12(17)10-7-9(15(19)20)1-2-11(10)14-8-13(18)3-5-21-6-4-13/h1-2,7,14,18H,3-6,8H2,(H,16,17). The van der Waals surface area contributed by atoms with Crippen LogP contribution in [0.4, 0.5) is 11.4 Å². The topological polar surface area (TPSA) is 122 Å². The molecule has 0 saturated carbocycles. The number of non-ortho nitro benzene ring substituents is 1. The molecule has 0 bridgehead atoms. The molecule has 114 valence electrons. The van der Waals surface area contributed by atoms with E-state index in [1.54, 1.807) is 0 Å². The summed E-state index contributed by atoms with van der Waals surface area (Å²) in [7, 11) is 0. The minimum Gasteiger partial charge on any atom is -0.478 e. The van der Waals surface area contributed by atoms with Crippen molar-refractivity contribution in [2.45, 2.75) is 18.4 Å². The van der Waals surface area contributed by atoms with Crippen molar-refractivity contribution < 1.29 is 24.7 Å². The number of ether oxygens (including phenoxy) is 1. The Morgan fingerprint density at radius 3 is 2.67 bits per heavy atom. The summed E-state index contributed by atoms with van der Waals surface area (Å²) in [5, 5.41) is 33.0. The number of anilines is 1. The highest BCUT2D eigenvalue weighted by molar-refractivity contribution is 5.95. The zero-order chi connectivity index (χ0) is 15.5. The molecule has 0 atom stereocenters. The van der Waals surface area contributed by atoms with E-state index in [2.05, 4.69) is 5.32 Å². The highest BCUT2D eigenvalue weighted by Gasteiger charge is 2.30. The maximum Gasteiger partial charge on any atom is 0.338 e. The number of carboxylic acids is 1. The maximum absolute atomic E-state index is 11.2. The Morgan fingerprint density at radius 2 is 2.10 bits per heavy atom. The van der Waals surface area contributed by atoms with E-state index >= 15 is 0 Å². The van der Waals surface area contributed by atoms with Gasteiger partial charge in [-0.3, -0.25) is 10.1 Å². The first-order valence-electron chi connectivity index (χ1n) is 6.47. The number of rotatable bonds is 5. The van der Waals surface area contributed by atoms with Crippen molar-refractivity contribution in [2.24, 2.45) is 0 Å². The second-order valence-electron chi connectivity index (χ2n) is 4.98. The maximum atomic E-state index is 11.2. The Kier molecular flexibility index (Phi) is 4.39. The van der Waals surface area contributed by atoms with E-state index < -0.39 is 16.5 Å². The number of nitro benzene ring substituents is 1. The van der Waals surface area contributed by atoms with Crippen LogP contribution in [0, 0.1) is 10.1 Å². The molecule has 3 N–H and O–H groups in total. The summed E-state index contributed by atoms with van der Waals surface area (Å²) in [4.78, 5) is 21.2. The van der Waals surface area contributed by atoms with E-state index in [1.165, 1.54) is 12.1 Å². The van der Waals surface area contributed by atoms with Gasteiger partial charge >= 0.3 is 5.97 Å². The van der Waals surface area contributed by atoms with Gasteiger partial charge in [0.1, 0.15) is 0 Å². The first kappa shape index (κ1) is 15.2. The second-order valence-corrected chi connectivity index (χ2v) is 4.98. The molecule has 0 spiro atoms. The van der Waals surface area contributed by atoms with E-state index in [9.17, 15) is 20.0 Å². The van der Waals surface area contributed by atoms with Crippen LogP contribution < -0.4 is 5.32 Å². The Bertz CT molecular complexity index is 554. The number of nitrogens with one attached hydrogen (secondary N) is 1. The number of aromatic carboxylic acids is 1. The molecule has 1 aromatic carbocycles. The highest BCUT2D eigenvalue weighted by atomic mass is 16.6. The van der Waals surface area contributed by atoms with Crippen LogP contribution in [-0.2, 0) is 4.74 Å². The van der Waals surface area contributed by atoms with Crippen molar-refractivity contribution in [3.8, 4) is 0 Å². The monoisotopic (exact) mass is 296 g/mol. The molecular formula is C13H16N2O6. The van der Waals surface area contributed by atoms with Crippen LogP contribution in [0.25, 0.3) is 0 Å². The summed E-state index contributed by atoms with van der Waals surface area (Å²) in [6.07, 6.45) is 0.908. The van der Waals surface area contributed by atoms with E-state index in [1.807, 2.05) is 0 Å².